The monoisotopic (exact) mass is 324 g/mol. The molecule has 1 nitrogen and oxygen atoms in total. The largest absolute Gasteiger partial charge is 0.299 e. The van der Waals surface area contributed by atoms with Gasteiger partial charge in [0.15, 0.2) is 0 Å². The Bertz CT molecular complexity index is 742. The van der Waals surface area contributed by atoms with Crippen LogP contribution < -0.4 is 0 Å². The summed E-state index contributed by atoms with van der Waals surface area (Å²) < 4.78 is 14.4. The third-order valence-electron chi connectivity index (χ3n) is 7.05. The van der Waals surface area contributed by atoms with Gasteiger partial charge in [0.2, 0.25) is 0 Å². The third kappa shape index (κ3) is 2.25. The van der Waals surface area contributed by atoms with E-state index in [1.807, 2.05) is 0 Å². The Hall–Kier alpha value is -1.62. The second-order valence-corrected chi connectivity index (χ2v) is 8.07. The molecule has 2 heteroatoms. The lowest BCUT2D eigenvalue weighted by atomic mass is 9.55. The fourth-order valence-corrected chi connectivity index (χ4v) is 5.80. The lowest BCUT2D eigenvalue weighted by molar-refractivity contribution is -0.129. The number of rotatable bonds is 0. The number of carbonyl (C=O) groups excluding carboxylic acids is 1. The van der Waals surface area contributed by atoms with E-state index < -0.39 is 0 Å². The van der Waals surface area contributed by atoms with Crippen LogP contribution in [0.15, 0.2) is 34.7 Å². The van der Waals surface area contributed by atoms with Gasteiger partial charge in [0.25, 0.3) is 0 Å². The molecule has 0 radical (unpaired) electrons. The molecule has 0 spiro atoms. The van der Waals surface area contributed by atoms with Gasteiger partial charge >= 0.3 is 0 Å². The maximum Gasteiger partial charge on any atom is 0.139 e. The Labute approximate surface area is 144 Å². The summed E-state index contributed by atoms with van der Waals surface area (Å²) in [5, 5.41) is 0. The minimum absolute atomic E-state index is 0.0873. The molecule has 4 rings (SSSR count). The first-order valence-corrected chi connectivity index (χ1v) is 9.30. The van der Waals surface area contributed by atoms with E-state index in [9.17, 15) is 9.18 Å². The Kier molecular flexibility index (Phi) is 3.79. The van der Waals surface area contributed by atoms with Crippen molar-refractivity contribution in [1.82, 2.24) is 0 Å². The molecule has 4 aliphatic carbocycles. The van der Waals surface area contributed by atoms with Crippen molar-refractivity contribution in [2.75, 3.05) is 0 Å². The smallest absolute Gasteiger partial charge is 0.139 e. The Morgan fingerprint density at radius 3 is 2.88 bits per heavy atom. The molecule has 0 amide bonds. The van der Waals surface area contributed by atoms with Gasteiger partial charge in [-0.2, -0.15) is 0 Å². The summed E-state index contributed by atoms with van der Waals surface area (Å²) in [5.41, 5.74) is 3.06. The zero-order valence-corrected chi connectivity index (χ0v) is 14.6. The molecule has 0 N–H and O–H groups in total. The summed E-state index contributed by atoms with van der Waals surface area (Å²) in [6, 6.07) is 0. The Morgan fingerprint density at radius 1 is 1.25 bits per heavy atom. The van der Waals surface area contributed by atoms with E-state index in [1.165, 1.54) is 11.1 Å². The number of fused-ring (bicyclic) bond motifs is 5. The first-order valence-electron chi connectivity index (χ1n) is 9.30. The summed E-state index contributed by atoms with van der Waals surface area (Å²) >= 11 is 0. The molecule has 4 atom stereocenters. The van der Waals surface area contributed by atoms with E-state index in [1.54, 1.807) is 13.0 Å². The summed E-state index contributed by atoms with van der Waals surface area (Å²) in [4.78, 5) is 12.4. The number of Topliss-reactive ketones (excluding diaryl/α,β-unsaturated/α-hetero) is 1. The number of hydrogen-bond acceptors (Lipinski definition) is 1. The first kappa shape index (κ1) is 15.9. The maximum absolute atomic E-state index is 14.4. The fourth-order valence-electron chi connectivity index (χ4n) is 5.80. The Morgan fingerprint density at radius 2 is 2.08 bits per heavy atom. The van der Waals surface area contributed by atoms with Crippen molar-refractivity contribution in [3.05, 3.63) is 34.7 Å². The SMILES string of the molecule is CC#CC1=C(F)C=C2CCC3C(CCC4(C)C(=O)CCC34)C2=CC1. The van der Waals surface area contributed by atoms with Crippen LogP contribution >= 0.6 is 0 Å². The molecule has 0 aromatic carbocycles. The number of halogens is 1. The second kappa shape index (κ2) is 5.73. The average Bonchev–Trinajstić information content (AvgIpc) is 2.77. The molecule has 3 saturated carbocycles. The van der Waals surface area contributed by atoms with Gasteiger partial charge in [-0.25, -0.2) is 4.39 Å². The van der Waals surface area contributed by atoms with Gasteiger partial charge in [0.05, 0.1) is 0 Å². The summed E-state index contributed by atoms with van der Waals surface area (Å²) in [7, 11) is 0. The molecule has 0 heterocycles. The van der Waals surface area contributed by atoms with Crippen molar-refractivity contribution in [2.45, 2.75) is 58.8 Å². The van der Waals surface area contributed by atoms with Crippen LogP contribution in [0.25, 0.3) is 0 Å². The van der Waals surface area contributed by atoms with E-state index in [0.29, 0.717) is 35.5 Å². The minimum Gasteiger partial charge on any atom is -0.299 e. The zero-order valence-electron chi connectivity index (χ0n) is 14.6. The number of carbonyl (C=O) groups is 1. The third-order valence-corrected chi connectivity index (χ3v) is 7.05. The van der Waals surface area contributed by atoms with Crippen molar-refractivity contribution in [2.24, 2.45) is 23.2 Å². The van der Waals surface area contributed by atoms with Gasteiger partial charge in [-0.3, -0.25) is 4.79 Å². The number of hydrogen-bond donors (Lipinski definition) is 0. The molecule has 0 aliphatic heterocycles. The predicted molar refractivity (Wildman–Crippen MR) is 93.7 cm³/mol. The molecule has 4 aliphatic rings. The minimum atomic E-state index is -0.152. The highest BCUT2D eigenvalue weighted by Gasteiger charge is 2.54. The van der Waals surface area contributed by atoms with E-state index in [0.717, 1.165) is 38.5 Å². The van der Waals surface area contributed by atoms with Crippen LogP contribution in [-0.4, -0.2) is 5.78 Å². The lowest BCUT2D eigenvalue weighted by Crippen LogP contribution is -2.43. The van der Waals surface area contributed by atoms with Crippen molar-refractivity contribution in [1.29, 1.82) is 0 Å². The van der Waals surface area contributed by atoms with Gasteiger partial charge in [-0.1, -0.05) is 18.9 Å². The van der Waals surface area contributed by atoms with Crippen LogP contribution in [0.4, 0.5) is 4.39 Å². The van der Waals surface area contributed by atoms with Crippen LogP contribution in [0.5, 0.6) is 0 Å². The van der Waals surface area contributed by atoms with Gasteiger partial charge in [0.1, 0.15) is 11.6 Å². The molecule has 0 aromatic rings. The van der Waals surface area contributed by atoms with E-state index >= 15 is 0 Å². The van der Waals surface area contributed by atoms with Crippen molar-refractivity contribution < 1.29 is 9.18 Å². The zero-order chi connectivity index (χ0) is 16.9. The van der Waals surface area contributed by atoms with Crippen molar-refractivity contribution in [3.8, 4) is 11.8 Å². The normalized spacial score (nSPS) is 38.1. The van der Waals surface area contributed by atoms with Gasteiger partial charge < -0.3 is 0 Å². The molecule has 0 aromatic heterocycles. The van der Waals surface area contributed by atoms with Gasteiger partial charge in [0, 0.05) is 23.8 Å². The molecule has 24 heavy (non-hydrogen) atoms. The number of ketones is 1. The van der Waals surface area contributed by atoms with Crippen LogP contribution in [0, 0.1) is 35.0 Å². The molecule has 126 valence electrons. The topological polar surface area (TPSA) is 17.1 Å². The van der Waals surface area contributed by atoms with Crippen LogP contribution in [0.1, 0.15) is 58.8 Å². The highest BCUT2D eigenvalue weighted by atomic mass is 19.1. The lowest BCUT2D eigenvalue weighted by Gasteiger charge is -2.49. The first-order chi connectivity index (χ1) is 11.5. The predicted octanol–water partition coefficient (Wildman–Crippen LogP) is 5.30. The van der Waals surface area contributed by atoms with E-state index in [2.05, 4.69) is 24.8 Å². The Balaban J connectivity index is 1.67. The molecule has 0 saturated heterocycles. The van der Waals surface area contributed by atoms with Crippen molar-refractivity contribution >= 4 is 5.78 Å². The van der Waals surface area contributed by atoms with Gasteiger partial charge in [-0.05, 0) is 74.0 Å². The van der Waals surface area contributed by atoms with Gasteiger partial charge in [-0.15, -0.1) is 5.92 Å². The fraction of sp³-hybridized carbons (Fsp3) is 0.591. The molecular formula is C22H25FO. The summed E-state index contributed by atoms with van der Waals surface area (Å²) in [6.45, 7) is 3.96. The standard InChI is InChI=1S/C22H25FO/c1-3-4-14-5-7-16-15(13-20(14)23)6-8-18-17(16)11-12-22(2)19(18)9-10-21(22)24/h7,13,17-19H,5-6,8-12H2,1-2H3. The molecule has 0 bridgehead atoms. The highest BCUT2D eigenvalue weighted by molar-refractivity contribution is 5.87. The highest BCUT2D eigenvalue weighted by Crippen LogP contribution is 2.59. The molecule has 3 fully saturated rings. The van der Waals surface area contributed by atoms with E-state index in [-0.39, 0.29) is 11.2 Å². The van der Waals surface area contributed by atoms with Crippen molar-refractivity contribution in [3.63, 3.8) is 0 Å². The quantitative estimate of drug-likeness (QED) is 0.553. The average molecular weight is 324 g/mol. The van der Waals surface area contributed by atoms with Crippen LogP contribution in [0.2, 0.25) is 0 Å². The van der Waals surface area contributed by atoms with Crippen LogP contribution in [-0.2, 0) is 4.79 Å². The summed E-state index contributed by atoms with van der Waals surface area (Å²) in [5.74, 6) is 7.72. The number of allylic oxidation sites excluding steroid dienone is 6. The van der Waals surface area contributed by atoms with Crippen LogP contribution in [0.3, 0.4) is 0 Å². The second-order valence-electron chi connectivity index (χ2n) is 8.07. The maximum atomic E-state index is 14.4. The molecule has 4 unspecified atom stereocenters. The molecular weight excluding hydrogens is 299 g/mol. The van der Waals surface area contributed by atoms with E-state index in [4.69, 9.17) is 0 Å². The summed E-state index contributed by atoms with van der Waals surface area (Å²) in [6.07, 6.45) is 10.5.